The van der Waals surface area contributed by atoms with E-state index in [-0.39, 0.29) is 18.4 Å². The van der Waals surface area contributed by atoms with Crippen molar-refractivity contribution in [3.8, 4) is 11.8 Å². The predicted molar refractivity (Wildman–Crippen MR) is 67.1 cm³/mol. The molecule has 0 amide bonds. The van der Waals surface area contributed by atoms with Gasteiger partial charge in [0.1, 0.15) is 6.61 Å². The third-order valence-corrected chi connectivity index (χ3v) is 5.26. The van der Waals surface area contributed by atoms with Crippen molar-refractivity contribution in [3.63, 3.8) is 0 Å². The molecule has 6 heteroatoms. The number of hydrogen-bond acceptors (Lipinski definition) is 4. The van der Waals surface area contributed by atoms with Crippen molar-refractivity contribution in [2.24, 2.45) is 0 Å². The molecule has 0 bridgehead atoms. The van der Waals surface area contributed by atoms with Crippen molar-refractivity contribution in [1.82, 2.24) is 4.72 Å². The van der Waals surface area contributed by atoms with Crippen LogP contribution in [0.4, 0.5) is 0 Å². The Morgan fingerprint density at radius 1 is 1.53 bits per heavy atom. The topological polar surface area (TPSA) is 66.4 Å². The molecule has 1 aliphatic rings. The van der Waals surface area contributed by atoms with Crippen LogP contribution in [-0.2, 0) is 16.6 Å². The van der Waals surface area contributed by atoms with Gasteiger partial charge in [0.2, 0.25) is 10.0 Å². The Kier molecular flexibility index (Phi) is 3.84. The fraction of sp³-hybridized carbons (Fsp3) is 0.455. The van der Waals surface area contributed by atoms with Crippen molar-refractivity contribution in [2.45, 2.75) is 24.6 Å². The van der Waals surface area contributed by atoms with Crippen LogP contribution in [0.15, 0.2) is 11.4 Å². The molecule has 1 saturated carbocycles. The van der Waals surface area contributed by atoms with Gasteiger partial charge >= 0.3 is 0 Å². The van der Waals surface area contributed by atoms with E-state index >= 15 is 0 Å². The molecule has 4 nitrogen and oxygen atoms in total. The maximum Gasteiger partial charge on any atom is 0.214 e. The van der Waals surface area contributed by atoms with Crippen LogP contribution in [-0.4, -0.2) is 25.4 Å². The molecule has 1 aromatic rings. The summed E-state index contributed by atoms with van der Waals surface area (Å²) in [7, 11) is -3.14. The summed E-state index contributed by atoms with van der Waals surface area (Å²) < 4.78 is 25.9. The number of aliphatic hydroxyl groups excluding tert-OH is 1. The van der Waals surface area contributed by atoms with Crippen molar-refractivity contribution in [1.29, 1.82) is 0 Å². The average Bonchev–Trinajstić information content (AvgIpc) is 3.06. The van der Waals surface area contributed by atoms with Crippen LogP contribution in [0, 0.1) is 11.8 Å². The summed E-state index contributed by atoms with van der Waals surface area (Å²) >= 11 is 1.46. The van der Waals surface area contributed by atoms with Gasteiger partial charge in [-0.15, -0.1) is 11.3 Å². The summed E-state index contributed by atoms with van der Waals surface area (Å²) in [6.45, 7) is 0.0923. The second kappa shape index (κ2) is 5.19. The molecule has 92 valence electrons. The molecule has 0 unspecified atom stereocenters. The average molecular weight is 271 g/mol. The van der Waals surface area contributed by atoms with E-state index in [1.54, 1.807) is 0 Å². The molecular weight excluding hydrogens is 258 g/mol. The Balaban J connectivity index is 2.01. The van der Waals surface area contributed by atoms with Crippen LogP contribution >= 0.6 is 11.3 Å². The summed E-state index contributed by atoms with van der Waals surface area (Å²) in [5, 5.41) is 10.3. The molecule has 0 spiro atoms. The zero-order chi connectivity index (χ0) is 12.3. The third kappa shape index (κ3) is 3.30. The molecule has 1 aliphatic carbocycles. The first-order valence-electron chi connectivity index (χ1n) is 5.28. The Morgan fingerprint density at radius 3 is 2.94 bits per heavy atom. The van der Waals surface area contributed by atoms with E-state index < -0.39 is 10.0 Å². The third-order valence-electron chi connectivity index (χ3n) is 2.44. The SMILES string of the molecule is O=S(=O)(NCc1sccc1C#CCO)C1CC1. The van der Waals surface area contributed by atoms with E-state index in [4.69, 9.17) is 5.11 Å². The monoisotopic (exact) mass is 271 g/mol. The van der Waals surface area contributed by atoms with Crippen LogP contribution < -0.4 is 4.72 Å². The highest BCUT2D eigenvalue weighted by Gasteiger charge is 2.35. The zero-order valence-electron chi connectivity index (χ0n) is 9.14. The Morgan fingerprint density at radius 2 is 2.29 bits per heavy atom. The van der Waals surface area contributed by atoms with Crippen LogP contribution in [0.2, 0.25) is 0 Å². The quantitative estimate of drug-likeness (QED) is 0.791. The van der Waals surface area contributed by atoms with E-state index in [0.29, 0.717) is 0 Å². The lowest BCUT2D eigenvalue weighted by Crippen LogP contribution is -2.26. The van der Waals surface area contributed by atoms with Gasteiger partial charge in [0, 0.05) is 17.0 Å². The van der Waals surface area contributed by atoms with Gasteiger partial charge in [-0.3, -0.25) is 0 Å². The molecule has 0 radical (unpaired) electrons. The second-order valence-corrected chi connectivity index (χ2v) is 6.83. The van der Waals surface area contributed by atoms with E-state index in [0.717, 1.165) is 23.3 Å². The molecule has 1 fully saturated rings. The molecule has 1 heterocycles. The fourth-order valence-electron chi connectivity index (χ4n) is 1.39. The molecular formula is C11H13NO3S2. The molecule has 0 aromatic carbocycles. The van der Waals surface area contributed by atoms with Gasteiger partial charge in [-0.1, -0.05) is 11.8 Å². The van der Waals surface area contributed by atoms with Crippen molar-refractivity contribution in [3.05, 3.63) is 21.9 Å². The van der Waals surface area contributed by atoms with Gasteiger partial charge in [0.15, 0.2) is 0 Å². The van der Waals surface area contributed by atoms with Crippen molar-refractivity contribution >= 4 is 21.4 Å². The minimum atomic E-state index is -3.14. The van der Waals surface area contributed by atoms with Crippen LogP contribution in [0.25, 0.3) is 0 Å². The number of aliphatic hydroxyl groups is 1. The summed E-state index contributed by atoms with van der Waals surface area (Å²) in [5.74, 6) is 5.36. The molecule has 2 rings (SSSR count). The first kappa shape index (κ1) is 12.6. The molecule has 0 aliphatic heterocycles. The standard InChI is InChI=1S/C11H13NO3S2/c13-6-1-2-9-5-7-16-11(9)8-12-17(14,15)10-3-4-10/h5,7,10,12-13H,3-4,6,8H2. The van der Waals surface area contributed by atoms with Crippen LogP contribution in [0.5, 0.6) is 0 Å². The van der Waals surface area contributed by atoms with Crippen molar-refractivity contribution in [2.75, 3.05) is 6.61 Å². The van der Waals surface area contributed by atoms with Gasteiger partial charge in [-0.25, -0.2) is 13.1 Å². The smallest absolute Gasteiger partial charge is 0.214 e. The molecule has 0 atom stereocenters. The molecule has 17 heavy (non-hydrogen) atoms. The van der Waals surface area contributed by atoms with E-state index in [1.807, 2.05) is 11.4 Å². The molecule has 2 N–H and O–H groups in total. The number of nitrogens with one attached hydrogen (secondary N) is 1. The maximum atomic E-state index is 11.6. The highest BCUT2D eigenvalue weighted by Crippen LogP contribution is 2.28. The number of thiophene rings is 1. The van der Waals surface area contributed by atoms with Gasteiger partial charge in [0.05, 0.1) is 5.25 Å². The van der Waals surface area contributed by atoms with Crippen LogP contribution in [0.1, 0.15) is 23.3 Å². The highest BCUT2D eigenvalue weighted by molar-refractivity contribution is 7.90. The number of hydrogen-bond donors (Lipinski definition) is 2. The highest BCUT2D eigenvalue weighted by atomic mass is 32.2. The lowest BCUT2D eigenvalue weighted by atomic mass is 10.2. The van der Waals surface area contributed by atoms with Gasteiger partial charge in [-0.05, 0) is 24.3 Å². The lowest BCUT2D eigenvalue weighted by molar-refractivity contribution is 0.350. The minimum Gasteiger partial charge on any atom is -0.384 e. The first-order chi connectivity index (χ1) is 8.13. The summed E-state index contributed by atoms with van der Waals surface area (Å²) in [6.07, 6.45) is 1.52. The lowest BCUT2D eigenvalue weighted by Gasteiger charge is -2.03. The predicted octanol–water partition coefficient (Wildman–Crippen LogP) is 0.674. The fourth-order valence-corrected chi connectivity index (χ4v) is 3.59. The maximum absolute atomic E-state index is 11.6. The van der Waals surface area contributed by atoms with Crippen LogP contribution in [0.3, 0.4) is 0 Å². The van der Waals surface area contributed by atoms with Gasteiger partial charge in [0.25, 0.3) is 0 Å². The Hall–Kier alpha value is -0.870. The normalized spacial score (nSPS) is 15.4. The van der Waals surface area contributed by atoms with Gasteiger partial charge in [-0.2, -0.15) is 0 Å². The van der Waals surface area contributed by atoms with E-state index in [9.17, 15) is 8.42 Å². The van der Waals surface area contributed by atoms with Gasteiger partial charge < -0.3 is 5.11 Å². The minimum absolute atomic E-state index is 0.191. The molecule has 0 saturated heterocycles. The summed E-state index contributed by atoms with van der Waals surface area (Å²) in [6, 6.07) is 1.83. The summed E-state index contributed by atoms with van der Waals surface area (Å²) in [5.41, 5.74) is 0.780. The van der Waals surface area contributed by atoms with Crippen molar-refractivity contribution < 1.29 is 13.5 Å². The Bertz CT molecular complexity index is 547. The zero-order valence-corrected chi connectivity index (χ0v) is 10.8. The largest absolute Gasteiger partial charge is 0.384 e. The van der Waals surface area contributed by atoms with E-state index in [1.165, 1.54) is 11.3 Å². The number of sulfonamides is 1. The van der Waals surface area contributed by atoms with E-state index in [2.05, 4.69) is 16.6 Å². The first-order valence-corrected chi connectivity index (χ1v) is 7.70. The number of rotatable bonds is 4. The Labute approximate surface area is 105 Å². The summed E-state index contributed by atoms with van der Waals surface area (Å²) in [4.78, 5) is 0.884. The second-order valence-electron chi connectivity index (χ2n) is 3.78. The molecule has 1 aromatic heterocycles.